The summed E-state index contributed by atoms with van der Waals surface area (Å²) in [6, 6.07) is 0. The average Bonchev–Trinajstić information content (AvgIpc) is 2.18. The highest BCUT2D eigenvalue weighted by Crippen LogP contribution is 2.19. The van der Waals surface area contributed by atoms with Gasteiger partial charge in [-0.15, -0.1) is 0 Å². The number of carbonyl (C=O) groups excluding carboxylic acids is 1. The number of hydrogen-bond donors (Lipinski definition) is 1. The van der Waals surface area contributed by atoms with Gasteiger partial charge in [-0.25, -0.2) is 13.6 Å². The Bertz CT molecular complexity index is 287. The van der Waals surface area contributed by atoms with Crippen LogP contribution in [-0.2, 0) is 14.3 Å². The lowest BCUT2D eigenvalue weighted by Crippen LogP contribution is -2.26. The van der Waals surface area contributed by atoms with Gasteiger partial charge in [-0.2, -0.15) is 0 Å². The number of ketones is 1. The van der Waals surface area contributed by atoms with Crippen LogP contribution in [0, 0.1) is 5.92 Å². The summed E-state index contributed by atoms with van der Waals surface area (Å²) in [5, 5.41) is 8.68. The standard InChI is InChI=1S/C10H14F2O4/c1-3-6(9(11)12)8(13)7(10(14)15)5-16-4-2/h5-6,9H,3-4H2,1-2H3,(H,14,15). The maximum atomic E-state index is 12.4. The van der Waals surface area contributed by atoms with Gasteiger partial charge in [0.1, 0.15) is 11.8 Å². The van der Waals surface area contributed by atoms with Crippen LogP contribution in [0.3, 0.4) is 0 Å². The molecule has 0 bridgehead atoms. The molecule has 0 aromatic rings. The van der Waals surface area contributed by atoms with Crippen molar-refractivity contribution < 1.29 is 28.2 Å². The molecule has 0 aromatic heterocycles. The molecule has 0 fully saturated rings. The molecule has 4 nitrogen and oxygen atoms in total. The summed E-state index contributed by atoms with van der Waals surface area (Å²) in [7, 11) is 0. The van der Waals surface area contributed by atoms with Crippen LogP contribution in [0.4, 0.5) is 8.78 Å². The fraction of sp³-hybridized carbons (Fsp3) is 0.600. The van der Waals surface area contributed by atoms with Gasteiger partial charge in [0.05, 0.1) is 12.5 Å². The SMILES string of the molecule is CCOC=C(C(=O)O)C(=O)C(CC)C(F)F. The van der Waals surface area contributed by atoms with Gasteiger partial charge >= 0.3 is 5.97 Å². The maximum Gasteiger partial charge on any atom is 0.342 e. The normalized spacial score (nSPS) is 13.7. The van der Waals surface area contributed by atoms with Crippen LogP contribution in [0.5, 0.6) is 0 Å². The topological polar surface area (TPSA) is 63.6 Å². The average molecular weight is 236 g/mol. The summed E-state index contributed by atoms with van der Waals surface area (Å²) < 4.78 is 29.5. The molecule has 0 spiro atoms. The summed E-state index contributed by atoms with van der Waals surface area (Å²) in [6.07, 6.45) is -2.27. The van der Waals surface area contributed by atoms with Crippen molar-refractivity contribution in [2.75, 3.05) is 6.61 Å². The lowest BCUT2D eigenvalue weighted by molar-refractivity contribution is -0.136. The van der Waals surface area contributed by atoms with Gasteiger partial charge in [0.25, 0.3) is 0 Å². The zero-order valence-corrected chi connectivity index (χ0v) is 9.07. The smallest absolute Gasteiger partial charge is 0.342 e. The van der Waals surface area contributed by atoms with Crippen LogP contribution < -0.4 is 0 Å². The van der Waals surface area contributed by atoms with Gasteiger partial charge in [0.2, 0.25) is 6.43 Å². The Hall–Kier alpha value is -1.46. The lowest BCUT2D eigenvalue weighted by Gasteiger charge is -2.12. The van der Waals surface area contributed by atoms with E-state index in [4.69, 9.17) is 5.11 Å². The van der Waals surface area contributed by atoms with Crippen LogP contribution in [0.2, 0.25) is 0 Å². The number of hydrogen-bond acceptors (Lipinski definition) is 3. The van der Waals surface area contributed by atoms with Crippen LogP contribution >= 0.6 is 0 Å². The first-order chi connectivity index (χ1) is 7.45. The molecule has 1 unspecified atom stereocenters. The molecular weight excluding hydrogens is 222 g/mol. The molecule has 0 saturated heterocycles. The summed E-state index contributed by atoms with van der Waals surface area (Å²) in [6.45, 7) is 3.15. The van der Waals surface area contributed by atoms with Crippen LogP contribution in [0.15, 0.2) is 11.8 Å². The van der Waals surface area contributed by atoms with E-state index < -0.39 is 29.7 Å². The molecular formula is C10H14F2O4. The quantitative estimate of drug-likeness (QED) is 0.317. The number of alkyl halides is 2. The van der Waals surface area contributed by atoms with E-state index in [1.165, 1.54) is 6.92 Å². The molecule has 0 saturated carbocycles. The minimum atomic E-state index is -2.87. The maximum absolute atomic E-state index is 12.4. The van der Waals surface area contributed by atoms with Crippen LogP contribution in [0.25, 0.3) is 0 Å². The van der Waals surface area contributed by atoms with Gasteiger partial charge < -0.3 is 9.84 Å². The summed E-state index contributed by atoms with van der Waals surface area (Å²) in [5.74, 6) is -4.25. The van der Waals surface area contributed by atoms with Crippen LogP contribution in [-0.4, -0.2) is 29.9 Å². The number of halogens is 2. The molecule has 0 heterocycles. The van der Waals surface area contributed by atoms with E-state index in [2.05, 4.69) is 4.74 Å². The lowest BCUT2D eigenvalue weighted by atomic mass is 9.96. The Labute approximate surface area is 91.9 Å². The molecule has 0 radical (unpaired) electrons. The van der Waals surface area contributed by atoms with Gasteiger partial charge in [-0.05, 0) is 13.3 Å². The summed E-state index contributed by atoms with van der Waals surface area (Å²) in [5.41, 5.74) is -0.742. The second-order valence-electron chi connectivity index (χ2n) is 3.01. The first kappa shape index (κ1) is 14.5. The zero-order valence-electron chi connectivity index (χ0n) is 9.07. The number of carbonyl (C=O) groups is 2. The minimum absolute atomic E-state index is 0.118. The van der Waals surface area contributed by atoms with E-state index in [9.17, 15) is 18.4 Å². The number of rotatable bonds is 7. The monoisotopic (exact) mass is 236 g/mol. The van der Waals surface area contributed by atoms with Gasteiger partial charge in [0, 0.05) is 0 Å². The fourth-order valence-corrected chi connectivity index (χ4v) is 1.06. The first-order valence-corrected chi connectivity index (χ1v) is 4.83. The minimum Gasteiger partial charge on any atom is -0.500 e. The predicted octanol–water partition coefficient (Wildman–Crippen LogP) is 1.85. The van der Waals surface area contributed by atoms with Crippen molar-refractivity contribution in [3.63, 3.8) is 0 Å². The predicted molar refractivity (Wildman–Crippen MR) is 52.1 cm³/mol. The third-order valence-corrected chi connectivity index (χ3v) is 1.94. The van der Waals surface area contributed by atoms with Crippen molar-refractivity contribution in [3.8, 4) is 0 Å². The zero-order chi connectivity index (χ0) is 12.7. The third kappa shape index (κ3) is 3.96. The van der Waals surface area contributed by atoms with E-state index in [0.717, 1.165) is 6.26 Å². The van der Waals surface area contributed by atoms with E-state index >= 15 is 0 Å². The summed E-state index contributed by atoms with van der Waals surface area (Å²) in [4.78, 5) is 22.1. The van der Waals surface area contributed by atoms with E-state index in [1.807, 2.05) is 0 Å². The molecule has 16 heavy (non-hydrogen) atoms. The highest BCUT2D eigenvalue weighted by atomic mass is 19.3. The number of Topliss-reactive ketones (excluding diaryl/α,β-unsaturated/α-hetero) is 1. The second kappa shape index (κ2) is 6.92. The van der Waals surface area contributed by atoms with Gasteiger partial charge in [0.15, 0.2) is 5.78 Å². The van der Waals surface area contributed by atoms with Crippen molar-refractivity contribution in [2.45, 2.75) is 26.7 Å². The number of carboxylic acid groups (broad SMARTS) is 1. The Morgan fingerprint density at radius 2 is 1.94 bits per heavy atom. The molecule has 0 rings (SSSR count). The second-order valence-corrected chi connectivity index (χ2v) is 3.01. The molecule has 0 aliphatic heterocycles. The van der Waals surface area contributed by atoms with E-state index in [-0.39, 0.29) is 13.0 Å². The Kier molecular flexibility index (Phi) is 6.29. The van der Waals surface area contributed by atoms with Crippen LogP contribution in [0.1, 0.15) is 20.3 Å². The Morgan fingerprint density at radius 1 is 1.38 bits per heavy atom. The first-order valence-electron chi connectivity index (χ1n) is 4.83. The highest BCUT2D eigenvalue weighted by Gasteiger charge is 2.32. The van der Waals surface area contributed by atoms with E-state index in [0.29, 0.717) is 0 Å². The molecule has 0 amide bonds. The highest BCUT2D eigenvalue weighted by molar-refractivity contribution is 6.17. The molecule has 1 atom stereocenters. The Balaban J connectivity index is 4.93. The molecule has 0 aliphatic carbocycles. The molecule has 1 N–H and O–H groups in total. The van der Waals surface area contributed by atoms with Crippen molar-refractivity contribution in [3.05, 3.63) is 11.8 Å². The van der Waals surface area contributed by atoms with Crippen molar-refractivity contribution >= 4 is 11.8 Å². The molecule has 0 aliphatic rings. The Morgan fingerprint density at radius 3 is 2.25 bits per heavy atom. The van der Waals surface area contributed by atoms with Crippen molar-refractivity contribution in [2.24, 2.45) is 5.92 Å². The third-order valence-electron chi connectivity index (χ3n) is 1.94. The molecule has 92 valence electrons. The van der Waals surface area contributed by atoms with E-state index in [1.54, 1.807) is 6.92 Å². The summed E-state index contributed by atoms with van der Waals surface area (Å²) >= 11 is 0. The largest absolute Gasteiger partial charge is 0.500 e. The fourth-order valence-electron chi connectivity index (χ4n) is 1.06. The number of carboxylic acids is 1. The van der Waals surface area contributed by atoms with Gasteiger partial charge in [-0.1, -0.05) is 6.92 Å². The number of ether oxygens (including phenoxy) is 1. The number of aliphatic carboxylic acids is 1. The van der Waals surface area contributed by atoms with Crippen molar-refractivity contribution in [1.29, 1.82) is 0 Å². The molecule has 0 aromatic carbocycles. The van der Waals surface area contributed by atoms with Gasteiger partial charge in [-0.3, -0.25) is 4.79 Å². The molecule has 6 heteroatoms. The van der Waals surface area contributed by atoms with Crippen molar-refractivity contribution in [1.82, 2.24) is 0 Å².